The molecule has 1 rings (SSSR count). The first-order chi connectivity index (χ1) is 7.15. The Morgan fingerprint density at radius 2 is 2.07 bits per heavy atom. The van der Waals surface area contributed by atoms with Gasteiger partial charge in [0, 0.05) is 0 Å². The normalized spacial score (nSPS) is 12.1. The van der Waals surface area contributed by atoms with Gasteiger partial charge in [-0.1, -0.05) is 19.1 Å². The molecule has 0 bridgehead atoms. The Balaban J connectivity index is 2.67. The van der Waals surface area contributed by atoms with E-state index in [1.807, 2.05) is 6.92 Å². The minimum absolute atomic E-state index is 0.563. The molecule has 4 heteroatoms. The van der Waals surface area contributed by atoms with Crippen molar-refractivity contribution in [1.82, 2.24) is 0 Å². The van der Waals surface area contributed by atoms with E-state index in [1.165, 1.54) is 0 Å². The second-order valence-corrected chi connectivity index (χ2v) is 3.55. The molecule has 0 aromatic heterocycles. The van der Waals surface area contributed by atoms with Crippen LogP contribution in [-0.2, 0) is 4.79 Å². The summed E-state index contributed by atoms with van der Waals surface area (Å²) in [5.74, 6) is -0.311. The third-order valence-electron chi connectivity index (χ3n) is 1.86. The molecule has 1 atom stereocenters. The fourth-order valence-electron chi connectivity index (χ4n) is 1.10. The molecule has 0 fully saturated rings. The molecule has 0 radical (unpaired) electrons. The van der Waals surface area contributed by atoms with E-state index in [9.17, 15) is 4.79 Å². The van der Waals surface area contributed by atoms with Crippen LogP contribution in [0.5, 0.6) is 5.75 Å². The highest BCUT2D eigenvalue weighted by Crippen LogP contribution is 2.23. The molecule has 0 saturated heterocycles. The summed E-state index contributed by atoms with van der Waals surface area (Å²) in [6, 6.07) is 6.78. The second kappa shape index (κ2) is 5.61. The van der Waals surface area contributed by atoms with Crippen LogP contribution in [0.2, 0.25) is 0 Å². The molecule has 15 heavy (non-hydrogen) atoms. The van der Waals surface area contributed by atoms with Crippen LogP contribution in [0.4, 0.5) is 0 Å². The molecule has 0 aliphatic heterocycles. The summed E-state index contributed by atoms with van der Waals surface area (Å²) in [5.41, 5.74) is 0.563. The van der Waals surface area contributed by atoms with Gasteiger partial charge in [0.15, 0.2) is 5.38 Å². The summed E-state index contributed by atoms with van der Waals surface area (Å²) >= 11 is 5.66. The lowest BCUT2D eigenvalue weighted by Gasteiger charge is -2.07. The van der Waals surface area contributed by atoms with Crippen LogP contribution in [0.15, 0.2) is 24.3 Å². The number of ether oxygens (including phenoxy) is 1. The highest BCUT2D eigenvalue weighted by atomic mass is 35.5. The van der Waals surface area contributed by atoms with Crippen LogP contribution >= 0.6 is 11.6 Å². The number of aliphatic carboxylic acids is 1. The summed E-state index contributed by atoms with van der Waals surface area (Å²) in [7, 11) is 0. The quantitative estimate of drug-likeness (QED) is 0.789. The van der Waals surface area contributed by atoms with Crippen LogP contribution in [0.1, 0.15) is 24.3 Å². The van der Waals surface area contributed by atoms with E-state index in [-0.39, 0.29) is 0 Å². The molecule has 1 aromatic rings. The molecule has 0 amide bonds. The third kappa shape index (κ3) is 3.44. The lowest BCUT2D eigenvalue weighted by atomic mass is 10.1. The van der Waals surface area contributed by atoms with E-state index in [2.05, 4.69) is 0 Å². The maximum absolute atomic E-state index is 10.6. The highest BCUT2D eigenvalue weighted by molar-refractivity contribution is 6.29. The average Bonchev–Trinajstić information content (AvgIpc) is 2.26. The molecule has 3 nitrogen and oxygen atoms in total. The predicted octanol–water partition coefficient (Wildman–Crippen LogP) is 2.84. The van der Waals surface area contributed by atoms with E-state index in [0.29, 0.717) is 12.2 Å². The van der Waals surface area contributed by atoms with Gasteiger partial charge in [0.1, 0.15) is 5.75 Å². The van der Waals surface area contributed by atoms with Crippen molar-refractivity contribution in [2.45, 2.75) is 18.7 Å². The van der Waals surface area contributed by atoms with Crippen molar-refractivity contribution in [3.63, 3.8) is 0 Å². The van der Waals surface area contributed by atoms with Crippen molar-refractivity contribution in [2.75, 3.05) is 6.61 Å². The van der Waals surface area contributed by atoms with Crippen LogP contribution in [0, 0.1) is 0 Å². The maximum Gasteiger partial charge on any atom is 0.326 e. The number of halogens is 1. The molecule has 82 valence electrons. The maximum atomic E-state index is 10.6. The number of benzene rings is 1. The highest BCUT2D eigenvalue weighted by Gasteiger charge is 2.15. The van der Waals surface area contributed by atoms with Gasteiger partial charge >= 0.3 is 5.97 Å². The van der Waals surface area contributed by atoms with E-state index in [4.69, 9.17) is 21.4 Å². The molecule has 1 N–H and O–H groups in total. The van der Waals surface area contributed by atoms with Gasteiger partial charge in [-0.15, -0.1) is 11.6 Å². The number of carboxylic acid groups (broad SMARTS) is 1. The monoisotopic (exact) mass is 228 g/mol. The van der Waals surface area contributed by atoms with E-state index in [0.717, 1.165) is 12.2 Å². The Bertz CT molecular complexity index is 321. The SMILES string of the molecule is CCCOc1ccc(C(Cl)C(=O)O)cc1. The summed E-state index contributed by atoms with van der Waals surface area (Å²) < 4.78 is 5.36. The van der Waals surface area contributed by atoms with Gasteiger partial charge in [0.05, 0.1) is 6.61 Å². The Morgan fingerprint density at radius 3 is 2.53 bits per heavy atom. The number of carboxylic acids is 1. The minimum atomic E-state index is -1.04. The van der Waals surface area contributed by atoms with Crippen molar-refractivity contribution in [2.24, 2.45) is 0 Å². The van der Waals surface area contributed by atoms with Crippen LogP contribution in [-0.4, -0.2) is 17.7 Å². The zero-order valence-corrected chi connectivity index (χ0v) is 9.20. The van der Waals surface area contributed by atoms with Gasteiger partial charge in [-0.05, 0) is 24.1 Å². The van der Waals surface area contributed by atoms with Gasteiger partial charge in [-0.25, -0.2) is 0 Å². The van der Waals surface area contributed by atoms with Gasteiger partial charge in [-0.2, -0.15) is 0 Å². The van der Waals surface area contributed by atoms with Crippen molar-refractivity contribution < 1.29 is 14.6 Å². The van der Waals surface area contributed by atoms with Crippen LogP contribution in [0.3, 0.4) is 0 Å². The molecular formula is C11H13ClO3. The van der Waals surface area contributed by atoms with E-state index in [1.54, 1.807) is 24.3 Å². The van der Waals surface area contributed by atoms with Gasteiger partial charge in [-0.3, -0.25) is 4.79 Å². The van der Waals surface area contributed by atoms with Gasteiger partial charge in [0.25, 0.3) is 0 Å². The van der Waals surface area contributed by atoms with Crippen molar-refractivity contribution in [3.8, 4) is 5.75 Å². The summed E-state index contributed by atoms with van der Waals surface area (Å²) in [6.07, 6.45) is 0.939. The molecule has 0 aliphatic carbocycles. The Kier molecular flexibility index (Phi) is 4.43. The first-order valence-electron chi connectivity index (χ1n) is 4.74. The topological polar surface area (TPSA) is 46.5 Å². The van der Waals surface area contributed by atoms with Crippen LogP contribution < -0.4 is 4.74 Å². The first kappa shape index (κ1) is 11.9. The van der Waals surface area contributed by atoms with Crippen molar-refractivity contribution in [1.29, 1.82) is 0 Å². The Labute approximate surface area is 93.6 Å². The smallest absolute Gasteiger partial charge is 0.326 e. The molecule has 0 spiro atoms. The zero-order valence-electron chi connectivity index (χ0n) is 8.44. The second-order valence-electron chi connectivity index (χ2n) is 3.12. The fraction of sp³-hybridized carbons (Fsp3) is 0.364. The molecule has 1 aromatic carbocycles. The molecule has 0 saturated carbocycles. The number of carbonyl (C=O) groups is 1. The van der Waals surface area contributed by atoms with Crippen molar-refractivity contribution in [3.05, 3.63) is 29.8 Å². The molecule has 0 aliphatic rings. The van der Waals surface area contributed by atoms with Crippen molar-refractivity contribution >= 4 is 17.6 Å². The fourth-order valence-corrected chi connectivity index (χ4v) is 1.24. The minimum Gasteiger partial charge on any atom is -0.494 e. The molecule has 1 unspecified atom stereocenters. The van der Waals surface area contributed by atoms with E-state index >= 15 is 0 Å². The van der Waals surface area contributed by atoms with Gasteiger partial charge in [0.2, 0.25) is 0 Å². The van der Waals surface area contributed by atoms with Crippen LogP contribution in [0.25, 0.3) is 0 Å². The lowest BCUT2D eigenvalue weighted by molar-refractivity contribution is -0.136. The number of rotatable bonds is 5. The number of hydrogen-bond acceptors (Lipinski definition) is 2. The van der Waals surface area contributed by atoms with Gasteiger partial charge < -0.3 is 9.84 Å². The number of hydrogen-bond donors (Lipinski definition) is 1. The third-order valence-corrected chi connectivity index (χ3v) is 2.30. The molecular weight excluding hydrogens is 216 g/mol. The zero-order chi connectivity index (χ0) is 11.3. The summed E-state index contributed by atoms with van der Waals surface area (Å²) in [6.45, 7) is 2.68. The molecule has 0 heterocycles. The summed E-state index contributed by atoms with van der Waals surface area (Å²) in [4.78, 5) is 10.6. The predicted molar refractivity (Wildman–Crippen MR) is 58.5 cm³/mol. The standard InChI is InChI=1S/C11H13ClO3/c1-2-7-15-9-5-3-8(4-6-9)10(12)11(13)14/h3-6,10H,2,7H2,1H3,(H,13,14). The number of alkyl halides is 1. The largest absolute Gasteiger partial charge is 0.494 e. The Morgan fingerprint density at radius 1 is 1.47 bits per heavy atom. The Hall–Kier alpha value is -1.22. The summed E-state index contributed by atoms with van der Waals surface area (Å²) in [5, 5.41) is 7.69. The lowest BCUT2D eigenvalue weighted by Crippen LogP contribution is -2.04. The first-order valence-corrected chi connectivity index (χ1v) is 5.18. The average molecular weight is 229 g/mol. The van der Waals surface area contributed by atoms with E-state index < -0.39 is 11.3 Å².